The number of halogens is 6. The van der Waals surface area contributed by atoms with Crippen LogP contribution in [0.15, 0.2) is 72.8 Å². The van der Waals surface area contributed by atoms with E-state index in [0.29, 0.717) is 11.4 Å². The van der Waals surface area contributed by atoms with Crippen LogP contribution in [0.2, 0.25) is 0 Å². The summed E-state index contributed by atoms with van der Waals surface area (Å²) < 4.78 is 129. The maximum atomic E-state index is 13.9. The topological polar surface area (TPSA) is 164 Å². The van der Waals surface area contributed by atoms with E-state index in [1.807, 2.05) is 0 Å². The summed E-state index contributed by atoms with van der Waals surface area (Å²) in [7, 11) is -8.31. The highest BCUT2D eigenvalue weighted by molar-refractivity contribution is 7.46. The molecule has 20 heteroatoms. The molecule has 0 bridgehead atoms. The standard InChI is InChI=1S/C29H23F6NO11P2/c1-36-22-6-2-18(16-4-8-24(20(10-16)28(30,31)32)43-14-45-48(37,38)39)12-26(22)47-27-13-19(3-7-23(27)36)17-5-9-25(21(11-17)29(33,34)35)44-15-46-49(40,41)42/h2-13H,14-15H2,1H3,(H2,37,38,39)(H2,40,41,42). The van der Waals surface area contributed by atoms with E-state index in [1.165, 1.54) is 36.4 Å². The summed E-state index contributed by atoms with van der Waals surface area (Å²) in [5.74, 6) is -1.05. The average molecular weight is 737 g/mol. The van der Waals surface area contributed by atoms with Gasteiger partial charge in [-0.05, 0) is 70.8 Å². The van der Waals surface area contributed by atoms with Crippen LogP contribution in [-0.2, 0) is 30.5 Å². The number of nitrogens with zero attached hydrogens (tertiary/aromatic N) is 1. The molecule has 0 unspecified atom stereocenters. The molecular weight excluding hydrogens is 714 g/mol. The molecule has 0 amide bonds. The van der Waals surface area contributed by atoms with Gasteiger partial charge >= 0.3 is 28.0 Å². The van der Waals surface area contributed by atoms with Gasteiger partial charge in [-0.3, -0.25) is 0 Å². The number of fused-ring (bicyclic) bond motifs is 2. The Morgan fingerprint density at radius 1 is 0.612 bits per heavy atom. The summed E-state index contributed by atoms with van der Waals surface area (Å²) in [5.41, 5.74) is -0.717. The highest BCUT2D eigenvalue weighted by Crippen LogP contribution is 2.49. The fraction of sp³-hybridized carbons (Fsp3) is 0.172. The normalized spacial score (nSPS) is 13.4. The fourth-order valence-corrected chi connectivity index (χ4v) is 5.16. The number of hydrogen-bond acceptors (Lipinski definition) is 8. The summed E-state index contributed by atoms with van der Waals surface area (Å²) in [6.45, 7) is -2.28. The fourth-order valence-electron chi connectivity index (χ4n) is 4.78. The minimum atomic E-state index is -5.00. The zero-order valence-electron chi connectivity index (χ0n) is 24.6. The number of alkyl halides is 6. The molecule has 1 aliphatic rings. The van der Waals surface area contributed by atoms with Gasteiger partial charge in [0.2, 0.25) is 0 Å². The lowest BCUT2D eigenvalue weighted by Crippen LogP contribution is -2.15. The van der Waals surface area contributed by atoms with Gasteiger partial charge < -0.3 is 38.7 Å². The first kappa shape index (κ1) is 36.2. The molecule has 49 heavy (non-hydrogen) atoms. The summed E-state index contributed by atoms with van der Waals surface area (Å²) in [6.07, 6.45) is -9.83. The van der Waals surface area contributed by atoms with Gasteiger partial charge in [-0.2, -0.15) is 26.3 Å². The monoisotopic (exact) mass is 737 g/mol. The van der Waals surface area contributed by atoms with E-state index >= 15 is 0 Å². The smallest absolute Gasteiger partial charge is 0.466 e. The van der Waals surface area contributed by atoms with Crippen molar-refractivity contribution < 1.29 is 78.3 Å². The molecule has 0 saturated carbocycles. The third-order valence-electron chi connectivity index (χ3n) is 6.97. The molecule has 0 aliphatic carbocycles. The van der Waals surface area contributed by atoms with Gasteiger partial charge in [0.05, 0.1) is 22.5 Å². The number of hydrogen-bond donors (Lipinski definition) is 4. The molecule has 4 aromatic rings. The number of phosphoric acid groups is 2. The third kappa shape index (κ3) is 8.73. The first-order chi connectivity index (χ1) is 22.7. The second-order valence-corrected chi connectivity index (χ2v) is 12.7. The summed E-state index contributed by atoms with van der Waals surface area (Å²) in [6, 6.07) is 15.2. The zero-order valence-corrected chi connectivity index (χ0v) is 26.4. The predicted octanol–water partition coefficient (Wildman–Crippen LogP) is 7.82. The van der Waals surface area contributed by atoms with E-state index in [-0.39, 0.29) is 33.8 Å². The SMILES string of the molecule is CN1c2ccc(-c3ccc(OCOP(=O)(O)O)c(C(F)(F)F)c3)cc2Oc2cc(-c3ccc(OCOP(=O)(O)O)c(C(F)(F)F)c3)ccc21. The molecule has 5 rings (SSSR count). The Hall–Kier alpha value is -4.12. The van der Waals surface area contributed by atoms with Crippen molar-refractivity contribution in [2.75, 3.05) is 25.5 Å². The molecule has 4 aromatic carbocycles. The lowest BCUT2D eigenvalue weighted by atomic mass is 9.99. The van der Waals surface area contributed by atoms with E-state index in [0.717, 1.165) is 24.3 Å². The van der Waals surface area contributed by atoms with Gasteiger partial charge in [0.25, 0.3) is 0 Å². The van der Waals surface area contributed by atoms with Crippen molar-refractivity contribution in [2.24, 2.45) is 0 Å². The molecule has 0 atom stereocenters. The largest absolute Gasteiger partial charge is 0.472 e. The highest BCUT2D eigenvalue weighted by Gasteiger charge is 2.36. The van der Waals surface area contributed by atoms with Crippen LogP contribution in [0, 0.1) is 0 Å². The number of ether oxygens (including phenoxy) is 3. The van der Waals surface area contributed by atoms with Crippen molar-refractivity contribution in [3.8, 4) is 45.3 Å². The van der Waals surface area contributed by atoms with Gasteiger partial charge in [0, 0.05) is 7.05 Å². The van der Waals surface area contributed by atoms with E-state index in [4.69, 9.17) is 33.8 Å². The van der Waals surface area contributed by atoms with E-state index < -0.39 is 64.2 Å². The average Bonchev–Trinajstić information content (AvgIpc) is 2.98. The van der Waals surface area contributed by atoms with Crippen molar-refractivity contribution in [3.05, 3.63) is 83.9 Å². The predicted molar refractivity (Wildman–Crippen MR) is 159 cm³/mol. The van der Waals surface area contributed by atoms with Crippen LogP contribution in [0.4, 0.5) is 37.7 Å². The van der Waals surface area contributed by atoms with Crippen molar-refractivity contribution in [3.63, 3.8) is 0 Å². The van der Waals surface area contributed by atoms with Gasteiger partial charge in [-0.15, -0.1) is 0 Å². The Bertz CT molecular complexity index is 1840. The maximum absolute atomic E-state index is 13.9. The van der Waals surface area contributed by atoms with Crippen molar-refractivity contribution in [1.29, 1.82) is 0 Å². The Kier molecular flexibility index (Phi) is 9.82. The Labute approximate surface area is 272 Å². The van der Waals surface area contributed by atoms with E-state index in [9.17, 15) is 35.5 Å². The lowest BCUT2D eigenvalue weighted by Gasteiger charge is -2.30. The van der Waals surface area contributed by atoms with Crippen LogP contribution >= 0.6 is 15.6 Å². The highest BCUT2D eigenvalue weighted by atomic mass is 31.2. The van der Waals surface area contributed by atoms with Gasteiger partial charge in [0.15, 0.2) is 25.1 Å². The molecule has 0 aromatic heterocycles. The lowest BCUT2D eigenvalue weighted by molar-refractivity contribution is -0.140. The van der Waals surface area contributed by atoms with Crippen LogP contribution < -0.4 is 19.1 Å². The second kappa shape index (κ2) is 13.3. The first-order valence-electron chi connectivity index (χ1n) is 13.5. The van der Waals surface area contributed by atoms with Gasteiger partial charge in [-0.25, -0.2) is 18.2 Å². The molecule has 0 spiro atoms. The van der Waals surface area contributed by atoms with E-state index in [2.05, 4.69) is 9.05 Å². The summed E-state index contributed by atoms with van der Waals surface area (Å²) in [5, 5.41) is 0. The van der Waals surface area contributed by atoms with Gasteiger partial charge in [0.1, 0.15) is 11.5 Å². The zero-order chi connectivity index (χ0) is 35.9. The van der Waals surface area contributed by atoms with Crippen molar-refractivity contribution in [1.82, 2.24) is 0 Å². The molecular formula is C29H23F6NO11P2. The number of anilines is 2. The van der Waals surface area contributed by atoms with Crippen LogP contribution in [0.5, 0.6) is 23.0 Å². The molecule has 0 radical (unpaired) electrons. The molecule has 0 saturated heterocycles. The van der Waals surface area contributed by atoms with Crippen LogP contribution in [0.3, 0.4) is 0 Å². The Balaban J connectivity index is 1.44. The molecule has 12 nitrogen and oxygen atoms in total. The van der Waals surface area contributed by atoms with Crippen LogP contribution in [0.25, 0.3) is 22.3 Å². The number of benzene rings is 4. The summed E-state index contributed by atoms with van der Waals surface area (Å²) in [4.78, 5) is 36.8. The molecule has 1 heterocycles. The minimum absolute atomic E-state index is 0.0809. The minimum Gasteiger partial charge on any atom is -0.466 e. The van der Waals surface area contributed by atoms with Crippen LogP contribution in [0.1, 0.15) is 11.1 Å². The van der Waals surface area contributed by atoms with Gasteiger partial charge in [-0.1, -0.05) is 24.3 Å². The van der Waals surface area contributed by atoms with Crippen molar-refractivity contribution >= 4 is 27.0 Å². The molecule has 4 N–H and O–H groups in total. The second-order valence-electron chi connectivity index (χ2n) is 10.2. The van der Waals surface area contributed by atoms with Crippen LogP contribution in [-0.4, -0.2) is 40.2 Å². The number of phosphoric ester groups is 2. The molecule has 262 valence electrons. The van der Waals surface area contributed by atoms with Crippen molar-refractivity contribution in [2.45, 2.75) is 12.4 Å². The quantitative estimate of drug-likeness (QED) is 0.0710. The van der Waals surface area contributed by atoms with E-state index in [1.54, 1.807) is 24.1 Å². The molecule has 0 fully saturated rings. The maximum Gasteiger partial charge on any atom is 0.472 e. The third-order valence-corrected chi connectivity index (χ3v) is 7.85. The molecule has 1 aliphatic heterocycles. The first-order valence-corrected chi connectivity index (χ1v) is 16.5. The Morgan fingerprint density at radius 3 is 1.31 bits per heavy atom. The number of rotatable bonds is 10. The Morgan fingerprint density at radius 2 is 0.959 bits per heavy atom. The summed E-state index contributed by atoms with van der Waals surface area (Å²) >= 11 is 0.